The number of likely N-dealkylation sites (tertiary alicyclic amines) is 1. The Hall–Kier alpha value is -2.44. The molecule has 3 atom stereocenters. The highest BCUT2D eigenvalue weighted by Crippen LogP contribution is 2.49. The molecule has 1 N–H and O–H groups in total. The fourth-order valence-electron chi connectivity index (χ4n) is 4.79. The number of nitrogens with zero attached hydrogens (tertiary/aromatic N) is 2. The number of aliphatic hydroxyl groups is 1. The summed E-state index contributed by atoms with van der Waals surface area (Å²) in [5.74, 6) is -0.173. The minimum Gasteiger partial charge on any atom is -0.394 e. The standard InChI is InChI=1S/C22H25FN2O3/c1-24-19-7-6-15(14-4-3-5-16(23)10-14)11-18(19)22-17(20(24)12-26)8-9-25(22)21(27)13-28-2/h3-7,10-11,17,20,22,26H,8-9,12-13H2,1-2H3/t17-,20+,22-/m1/s1. The molecular weight excluding hydrogens is 359 g/mol. The van der Waals surface area contributed by atoms with Crippen LogP contribution in [0, 0.1) is 11.7 Å². The second kappa shape index (κ2) is 7.53. The van der Waals surface area contributed by atoms with Gasteiger partial charge in [0, 0.05) is 32.3 Å². The molecule has 0 bridgehead atoms. The molecule has 6 heteroatoms. The van der Waals surface area contributed by atoms with E-state index in [1.165, 1.54) is 19.2 Å². The summed E-state index contributed by atoms with van der Waals surface area (Å²) >= 11 is 0. The van der Waals surface area contributed by atoms with Crippen molar-refractivity contribution in [2.24, 2.45) is 5.92 Å². The number of anilines is 1. The van der Waals surface area contributed by atoms with Gasteiger partial charge in [-0.05, 0) is 47.4 Å². The molecule has 0 radical (unpaired) electrons. The van der Waals surface area contributed by atoms with Gasteiger partial charge in [-0.25, -0.2) is 4.39 Å². The maximum absolute atomic E-state index is 13.7. The number of aliphatic hydroxyl groups excluding tert-OH is 1. The van der Waals surface area contributed by atoms with Gasteiger partial charge in [-0.15, -0.1) is 0 Å². The first-order chi connectivity index (χ1) is 13.5. The number of carbonyl (C=O) groups is 1. The van der Waals surface area contributed by atoms with Gasteiger partial charge in [0.15, 0.2) is 0 Å². The van der Waals surface area contributed by atoms with E-state index in [1.807, 2.05) is 30.1 Å². The third-order valence-electron chi connectivity index (χ3n) is 6.10. The largest absolute Gasteiger partial charge is 0.394 e. The molecule has 28 heavy (non-hydrogen) atoms. The van der Waals surface area contributed by atoms with Gasteiger partial charge in [-0.3, -0.25) is 4.79 Å². The molecule has 0 aromatic heterocycles. The van der Waals surface area contributed by atoms with Crippen molar-refractivity contribution in [2.45, 2.75) is 18.5 Å². The van der Waals surface area contributed by atoms with Crippen molar-refractivity contribution in [3.63, 3.8) is 0 Å². The Morgan fingerprint density at radius 3 is 2.75 bits per heavy atom. The van der Waals surface area contributed by atoms with Gasteiger partial charge in [0.25, 0.3) is 0 Å². The maximum Gasteiger partial charge on any atom is 0.249 e. The van der Waals surface area contributed by atoms with Crippen molar-refractivity contribution in [1.29, 1.82) is 0 Å². The molecule has 2 aliphatic rings. The number of methoxy groups -OCH3 is 1. The summed E-state index contributed by atoms with van der Waals surface area (Å²) in [6, 6.07) is 12.4. The molecule has 1 saturated heterocycles. The molecule has 1 amide bonds. The number of benzene rings is 2. The average molecular weight is 384 g/mol. The van der Waals surface area contributed by atoms with E-state index in [0.717, 1.165) is 28.8 Å². The van der Waals surface area contributed by atoms with Crippen molar-refractivity contribution in [3.8, 4) is 11.1 Å². The second-order valence-electron chi connectivity index (χ2n) is 7.56. The summed E-state index contributed by atoms with van der Waals surface area (Å²) in [5.41, 5.74) is 3.76. The van der Waals surface area contributed by atoms with E-state index in [1.54, 1.807) is 6.07 Å². The summed E-state index contributed by atoms with van der Waals surface area (Å²) in [6.07, 6.45) is 0.833. The number of hydrogen-bond donors (Lipinski definition) is 1. The van der Waals surface area contributed by atoms with Gasteiger partial charge in [-0.2, -0.15) is 0 Å². The average Bonchev–Trinajstić information content (AvgIpc) is 3.13. The smallest absolute Gasteiger partial charge is 0.249 e. The van der Waals surface area contributed by atoms with E-state index in [-0.39, 0.29) is 42.9 Å². The van der Waals surface area contributed by atoms with E-state index >= 15 is 0 Å². The van der Waals surface area contributed by atoms with Crippen LogP contribution in [0.3, 0.4) is 0 Å². The van der Waals surface area contributed by atoms with E-state index in [2.05, 4.69) is 11.0 Å². The number of hydrogen-bond acceptors (Lipinski definition) is 4. The molecule has 2 aliphatic heterocycles. The van der Waals surface area contributed by atoms with Crippen LogP contribution in [-0.2, 0) is 9.53 Å². The maximum atomic E-state index is 13.7. The molecule has 0 saturated carbocycles. The molecule has 1 fully saturated rings. The molecule has 0 unspecified atom stereocenters. The van der Waals surface area contributed by atoms with Gasteiger partial charge in [0.2, 0.25) is 5.91 Å². The molecule has 148 valence electrons. The Morgan fingerprint density at radius 1 is 1.25 bits per heavy atom. The van der Waals surface area contributed by atoms with Crippen LogP contribution in [0.4, 0.5) is 10.1 Å². The number of amides is 1. The summed E-state index contributed by atoms with van der Waals surface area (Å²) in [5, 5.41) is 10.0. The Kier molecular flexibility index (Phi) is 5.08. The lowest BCUT2D eigenvalue weighted by molar-refractivity contribution is -0.136. The predicted octanol–water partition coefficient (Wildman–Crippen LogP) is 2.84. The van der Waals surface area contributed by atoms with E-state index in [9.17, 15) is 14.3 Å². The van der Waals surface area contributed by atoms with Crippen LogP contribution < -0.4 is 4.90 Å². The highest BCUT2D eigenvalue weighted by molar-refractivity contribution is 5.80. The third-order valence-corrected chi connectivity index (χ3v) is 6.10. The lowest BCUT2D eigenvalue weighted by atomic mass is 9.81. The minimum atomic E-state index is -0.275. The highest BCUT2D eigenvalue weighted by atomic mass is 19.1. The highest BCUT2D eigenvalue weighted by Gasteiger charge is 2.47. The number of carbonyl (C=O) groups excluding carboxylic acids is 1. The fraction of sp³-hybridized carbons (Fsp3) is 0.409. The van der Waals surface area contributed by atoms with Crippen molar-refractivity contribution >= 4 is 11.6 Å². The summed E-state index contributed by atoms with van der Waals surface area (Å²) < 4.78 is 18.8. The molecule has 5 nitrogen and oxygen atoms in total. The third kappa shape index (κ3) is 3.06. The van der Waals surface area contributed by atoms with Crippen LogP contribution in [0.25, 0.3) is 11.1 Å². The number of ether oxygens (including phenoxy) is 1. The van der Waals surface area contributed by atoms with E-state index < -0.39 is 0 Å². The molecule has 2 aromatic rings. The lowest BCUT2D eigenvalue weighted by Crippen LogP contribution is -2.48. The molecule has 4 rings (SSSR count). The van der Waals surface area contributed by atoms with Crippen LogP contribution in [0.1, 0.15) is 18.0 Å². The SMILES string of the molecule is COCC(=O)N1CC[C@H]2[C@@H]1c1cc(-c3cccc(F)c3)ccc1N(C)[C@H]2CO. The fourth-order valence-corrected chi connectivity index (χ4v) is 4.79. The van der Waals surface area contributed by atoms with Crippen LogP contribution in [0.5, 0.6) is 0 Å². The zero-order chi connectivity index (χ0) is 19.8. The van der Waals surface area contributed by atoms with Crippen molar-refractivity contribution in [2.75, 3.05) is 38.8 Å². The summed E-state index contributed by atoms with van der Waals surface area (Å²) in [4.78, 5) is 16.6. The minimum absolute atomic E-state index is 0.0368. The van der Waals surface area contributed by atoms with Gasteiger partial charge in [-0.1, -0.05) is 18.2 Å². The van der Waals surface area contributed by atoms with Crippen LogP contribution in [-0.4, -0.2) is 55.9 Å². The molecule has 2 aromatic carbocycles. The number of fused-ring (bicyclic) bond motifs is 3. The first kappa shape index (κ1) is 18.9. The normalized spacial score (nSPS) is 23.5. The van der Waals surface area contributed by atoms with Crippen LogP contribution in [0.15, 0.2) is 42.5 Å². The quantitative estimate of drug-likeness (QED) is 0.881. The van der Waals surface area contributed by atoms with Crippen LogP contribution >= 0.6 is 0 Å². The first-order valence-corrected chi connectivity index (χ1v) is 9.57. The van der Waals surface area contributed by atoms with Crippen molar-refractivity contribution < 1.29 is 19.0 Å². The zero-order valence-electron chi connectivity index (χ0n) is 16.1. The number of halogens is 1. The molecule has 2 heterocycles. The van der Waals surface area contributed by atoms with Crippen molar-refractivity contribution in [3.05, 3.63) is 53.8 Å². The Balaban J connectivity index is 1.81. The number of likely N-dealkylation sites (N-methyl/N-ethyl adjacent to an activating group) is 1. The second-order valence-corrected chi connectivity index (χ2v) is 7.56. The lowest BCUT2D eigenvalue weighted by Gasteiger charge is -2.44. The van der Waals surface area contributed by atoms with Gasteiger partial charge in [0.05, 0.1) is 18.7 Å². The number of rotatable bonds is 4. The van der Waals surface area contributed by atoms with E-state index in [4.69, 9.17) is 4.74 Å². The van der Waals surface area contributed by atoms with E-state index in [0.29, 0.717) is 6.54 Å². The molecule has 0 aliphatic carbocycles. The molecule has 0 spiro atoms. The summed E-state index contributed by atoms with van der Waals surface area (Å²) in [7, 11) is 3.50. The Labute approximate surface area is 164 Å². The van der Waals surface area contributed by atoms with Crippen LogP contribution in [0.2, 0.25) is 0 Å². The Morgan fingerprint density at radius 2 is 2.04 bits per heavy atom. The topological polar surface area (TPSA) is 53.0 Å². The van der Waals surface area contributed by atoms with Gasteiger partial charge >= 0.3 is 0 Å². The Bertz CT molecular complexity index is 888. The summed E-state index contributed by atoms with van der Waals surface area (Å²) in [6.45, 7) is 0.725. The van der Waals surface area contributed by atoms with Gasteiger partial charge < -0.3 is 19.6 Å². The van der Waals surface area contributed by atoms with Gasteiger partial charge in [0.1, 0.15) is 12.4 Å². The zero-order valence-corrected chi connectivity index (χ0v) is 16.1. The first-order valence-electron chi connectivity index (χ1n) is 9.57. The monoisotopic (exact) mass is 384 g/mol. The molecular formula is C22H25FN2O3. The van der Waals surface area contributed by atoms with Crippen molar-refractivity contribution in [1.82, 2.24) is 4.90 Å². The predicted molar refractivity (Wildman–Crippen MR) is 106 cm³/mol.